The second kappa shape index (κ2) is 7.55. The Morgan fingerprint density at radius 2 is 1.72 bits per heavy atom. The van der Waals surface area contributed by atoms with E-state index >= 15 is 0 Å². The summed E-state index contributed by atoms with van der Waals surface area (Å²) in [6.07, 6.45) is 1.13. The van der Waals surface area contributed by atoms with Gasteiger partial charge in [-0.2, -0.15) is 0 Å². The second-order valence-corrected chi connectivity index (χ2v) is 5.77. The largest absolute Gasteiger partial charge is 0.329 e. The van der Waals surface area contributed by atoms with E-state index in [1.54, 1.807) is 0 Å². The van der Waals surface area contributed by atoms with Gasteiger partial charge in [0.15, 0.2) is 0 Å². The minimum absolute atomic E-state index is 0.475. The van der Waals surface area contributed by atoms with Crippen molar-refractivity contribution >= 4 is 0 Å². The topological polar surface area (TPSA) is 29.3 Å². The fraction of sp³-hybridized carbons (Fsp3) is 0.625. The number of rotatable bonds is 7. The molecule has 2 heteroatoms. The highest BCUT2D eigenvalue weighted by Crippen LogP contribution is 2.22. The Labute approximate surface area is 112 Å². The summed E-state index contributed by atoms with van der Waals surface area (Å²) in [5.74, 6) is 1.26. The summed E-state index contributed by atoms with van der Waals surface area (Å²) >= 11 is 0. The summed E-state index contributed by atoms with van der Waals surface area (Å²) in [5, 5.41) is 0. The van der Waals surface area contributed by atoms with Crippen molar-refractivity contribution < 1.29 is 0 Å². The normalized spacial score (nSPS) is 15.1. The first-order valence-corrected chi connectivity index (χ1v) is 6.99. The predicted octanol–water partition coefficient (Wildman–Crippen LogP) is 3.10. The molecule has 0 saturated carbocycles. The molecule has 102 valence electrons. The third-order valence-electron chi connectivity index (χ3n) is 3.54. The summed E-state index contributed by atoms with van der Waals surface area (Å²) in [5.41, 5.74) is 7.35. The standard InChI is InChI=1S/C16H28N2/c1-13(2)12-18(4)16(11-17)10-14(3)15-8-6-5-7-9-15/h5-9,13-14,16H,10-12,17H2,1-4H3. The van der Waals surface area contributed by atoms with Gasteiger partial charge in [-0.1, -0.05) is 51.1 Å². The van der Waals surface area contributed by atoms with Crippen LogP contribution < -0.4 is 5.73 Å². The Balaban J connectivity index is 2.57. The molecule has 0 aliphatic carbocycles. The van der Waals surface area contributed by atoms with Gasteiger partial charge >= 0.3 is 0 Å². The molecule has 0 aromatic heterocycles. The van der Waals surface area contributed by atoms with Crippen molar-refractivity contribution in [1.29, 1.82) is 0 Å². The molecule has 0 radical (unpaired) electrons. The van der Waals surface area contributed by atoms with E-state index in [1.165, 1.54) is 5.56 Å². The average molecular weight is 248 g/mol. The Morgan fingerprint density at radius 3 is 2.22 bits per heavy atom. The maximum atomic E-state index is 5.93. The lowest BCUT2D eigenvalue weighted by atomic mass is 9.93. The third kappa shape index (κ3) is 4.79. The summed E-state index contributed by atoms with van der Waals surface area (Å²) in [4.78, 5) is 2.41. The van der Waals surface area contributed by atoms with Crippen LogP contribution in [0.2, 0.25) is 0 Å². The fourth-order valence-corrected chi connectivity index (χ4v) is 2.51. The molecule has 18 heavy (non-hydrogen) atoms. The van der Waals surface area contributed by atoms with E-state index in [1.807, 2.05) is 0 Å². The van der Waals surface area contributed by atoms with Crippen LogP contribution in [0.4, 0.5) is 0 Å². The number of nitrogens with two attached hydrogens (primary N) is 1. The molecule has 1 aromatic carbocycles. The molecule has 0 fully saturated rings. The van der Waals surface area contributed by atoms with Crippen molar-refractivity contribution in [2.24, 2.45) is 11.7 Å². The fourth-order valence-electron chi connectivity index (χ4n) is 2.51. The molecular weight excluding hydrogens is 220 g/mol. The first kappa shape index (κ1) is 15.2. The van der Waals surface area contributed by atoms with Gasteiger partial charge in [-0.3, -0.25) is 0 Å². The lowest BCUT2D eigenvalue weighted by Gasteiger charge is -2.30. The van der Waals surface area contributed by atoms with Crippen molar-refractivity contribution in [2.75, 3.05) is 20.1 Å². The first-order chi connectivity index (χ1) is 8.54. The van der Waals surface area contributed by atoms with Crippen LogP contribution >= 0.6 is 0 Å². The molecule has 0 amide bonds. The number of likely N-dealkylation sites (N-methyl/N-ethyl adjacent to an activating group) is 1. The first-order valence-electron chi connectivity index (χ1n) is 6.99. The van der Waals surface area contributed by atoms with E-state index in [0.717, 1.165) is 19.5 Å². The molecule has 0 bridgehead atoms. The number of hydrogen-bond donors (Lipinski definition) is 1. The Morgan fingerprint density at radius 1 is 1.11 bits per heavy atom. The lowest BCUT2D eigenvalue weighted by molar-refractivity contribution is 0.205. The van der Waals surface area contributed by atoms with Gasteiger partial charge in [0.05, 0.1) is 0 Å². The monoisotopic (exact) mass is 248 g/mol. The molecule has 2 unspecified atom stereocenters. The molecule has 0 saturated heterocycles. The van der Waals surface area contributed by atoms with E-state index in [2.05, 4.69) is 63.1 Å². The zero-order valence-electron chi connectivity index (χ0n) is 12.3. The number of hydrogen-bond acceptors (Lipinski definition) is 2. The average Bonchev–Trinajstić information content (AvgIpc) is 2.35. The molecule has 0 spiro atoms. The Kier molecular flexibility index (Phi) is 6.37. The molecule has 0 aliphatic rings. The number of benzene rings is 1. The quantitative estimate of drug-likeness (QED) is 0.803. The molecule has 2 nitrogen and oxygen atoms in total. The van der Waals surface area contributed by atoms with Gasteiger partial charge in [-0.25, -0.2) is 0 Å². The third-order valence-corrected chi connectivity index (χ3v) is 3.54. The molecule has 0 aliphatic heterocycles. The zero-order chi connectivity index (χ0) is 13.5. The molecule has 2 atom stereocenters. The van der Waals surface area contributed by atoms with Crippen LogP contribution in [0.25, 0.3) is 0 Å². The summed E-state index contributed by atoms with van der Waals surface area (Å²) in [7, 11) is 2.19. The molecule has 2 N–H and O–H groups in total. The van der Waals surface area contributed by atoms with Gasteiger partial charge in [0.1, 0.15) is 0 Å². The van der Waals surface area contributed by atoms with Crippen LogP contribution in [0.1, 0.15) is 38.7 Å². The van der Waals surface area contributed by atoms with E-state index in [0.29, 0.717) is 17.9 Å². The zero-order valence-corrected chi connectivity index (χ0v) is 12.3. The van der Waals surface area contributed by atoms with Crippen molar-refractivity contribution in [1.82, 2.24) is 4.90 Å². The van der Waals surface area contributed by atoms with Crippen LogP contribution in [-0.4, -0.2) is 31.1 Å². The minimum Gasteiger partial charge on any atom is -0.329 e. The van der Waals surface area contributed by atoms with E-state index in [4.69, 9.17) is 5.73 Å². The van der Waals surface area contributed by atoms with Crippen LogP contribution in [0, 0.1) is 5.92 Å². The van der Waals surface area contributed by atoms with Crippen molar-refractivity contribution in [3.63, 3.8) is 0 Å². The van der Waals surface area contributed by atoms with Gasteiger partial charge < -0.3 is 10.6 Å². The van der Waals surface area contributed by atoms with Crippen LogP contribution in [-0.2, 0) is 0 Å². The SMILES string of the molecule is CC(C)CN(C)C(CN)CC(C)c1ccccc1. The Hall–Kier alpha value is -0.860. The van der Waals surface area contributed by atoms with Crippen molar-refractivity contribution in [3.8, 4) is 0 Å². The maximum Gasteiger partial charge on any atom is 0.0221 e. The van der Waals surface area contributed by atoms with Gasteiger partial charge in [-0.05, 0) is 30.9 Å². The van der Waals surface area contributed by atoms with Crippen molar-refractivity contribution in [3.05, 3.63) is 35.9 Å². The smallest absolute Gasteiger partial charge is 0.0221 e. The van der Waals surface area contributed by atoms with Crippen LogP contribution in [0.5, 0.6) is 0 Å². The number of nitrogens with zero attached hydrogens (tertiary/aromatic N) is 1. The van der Waals surface area contributed by atoms with Gasteiger partial charge in [0, 0.05) is 19.1 Å². The van der Waals surface area contributed by atoms with E-state index < -0.39 is 0 Å². The highest BCUT2D eigenvalue weighted by Gasteiger charge is 2.18. The lowest BCUT2D eigenvalue weighted by Crippen LogP contribution is -2.40. The Bertz CT molecular complexity index is 321. The molecule has 1 rings (SSSR count). The summed E-state index contributed by atoms with van der Waals surface area (Å²) < 4.78 is 0. The van der Waals surface area contributed by atoms with Crippen LogP contribution in [0.3, 0.4) is 0 Å². The second-order valence-electron chi connectivity index (χ2n) is 5.77. The highest BCUT2D eigenvalue weighted by molar-refractivity contribution is 5.18. The predicted molar refractivity (Wildman–Crippen MR) is 79.8 cm³/mol. The van der Waals surface area contributed by atoms with E-state index in [9.17, 15) is 0 Å². The van der Waals surface area contributed by atoms with Gasteiger partial charge in [0.25, 0.3) is 0 Å². The molecule has 1 aromatic rings. The van der Waals surface area contributed by atoms with Gasteiger partial charge in [0.2, 0.25) is 0 Å². The minimum atomic E-state index is 0.475. The summed E-state index contributed by atoms with van der Waals surface area (Å²) in [6.45, 7) is 8.65. The van der Waals surface area contributed by atoms with Gasteiger partial charge in [-0.15, -0.1) is 0 Å². The molecule has 0 heterocycles. The van der Waals surface area contributed by atoms with E-state index in [-0.39, 0.29) is 0 Å². The van der Waals surface area contributed by atoms with Crippen molar-refractivity contribution in [2.45, 2.75) is 39.2 Å². The summed E-state index contributed by atoms with van der Waals surface area (Å²) in [6, 6.07) is 11.2. The maximum absolute atomic E-state index is 5.93. The van der Waals surface area contributed by atoms with Crippen LogP contribution in [0.15, 0.2) is 30.3 Å². The highest BCUT2D eigenvalue weighted by atomic mass is 15.1. The molecular formula is C16H28N2.